The average molecular weight is 434 g/mol. The SMILES string of the molecule is CC(=O)[O-].CC(=O)[O-].Oc1ccc(F)cc1.Oc1ccc(F)cc1.[Zr+2]. The first-order valence-electron chi connectivity index (χ1n) is 6.28. The molecule has 0 bridgehead atoms. The van der Waals surface area contributed by atoms with E-state index in [4.69, 9.17) is 30.0 Å². The minimum absolute atomic E-state index is 0. The van der Waals surface area contributed by atoms with Gasteiger partial charge in [-0.3, -0.25) is 0 Å². The molecule has 0 heterocycles. The van der Waals surface area contributed by atoms with Crippen LogP contribution in [0.25, 0.3) is 0 Å². The molecule has 2 aromatic carbocycles. The summed E-state index contributed by atoms with van der Waals surface area (Å²) >= 11 is 0. The second-order valence-corrected chi connectivity index (χ2v) is 3.94. The number of carboxylic acids is 2. The van der Waals surface area contributed by atoms with Gasteiger partial charge in [0.2, 0.25) is 0 Å². The maximum absolute atomic E-state index is 12.0. The van der Waals surface area contributed by atoms with E-state index in [1.54, 1.807) is 0 Å². The first-order valence-corrected chi connectivity index (χ1v) is 6.28. The first kappa shape index (κ1) is 27.6. The number of benzene rings is 2. The second kappa shape index (κ2) is 16.6. The summed E-state index contributed by atoms with van der Waals surface area (Å²) in [4.78, 5) is 17.8. The number of carboxylic acid groups (broad SMARTS) is 2. The molecule has 0 aliphatic rings. The molecule has 0 radical (unpaired) electrons. The molecule has 0 saturated carbocycles. The largest absolute Gasteiger partial charge is 2.00 e. The Morgan fingerprint density at radius 3 is 1.00 bits per heavy atom. The number of carbonyl (C=O) groups is 2. The van der Waals surface area contributed by atoms with Crippen molar-refractivity contribution in [1.29, 1.82) is 0 Å². The average Bonchev–Trinajstić information content (AvgIpc) is 2.45. The summed E-state index contributed by atoms with van der Waals surface area (Å²) in [6.45, 7) is 1.94. The third-order valence-corrected chi connectivity index (χ3v) is 1.65. The van der Waals surface area contributed by atoms with Crippen molar-refractivity contribution in [2.45, 2.75) is 13.8 Å². The molecule has 0 aliphatic heterocycles. The molecule has 2 aromatic rings. The van der Waals surface area contributed by atoms with Gasteiger partial charge in [0.05, 0.1) is 0 Å². The molecule has 9 heteroatoms. The van der Waals surface area contributed by atoms with Gasteiger partial charge >= 0.3 is 26.2 Å². The molecule has 0 fully saturated rings. The zero-order valence-corrected chi connectivity index (χ0v) is 15.9. The number of aliphatic carboxylic acids is 2. The van der Waals surface area contributed by atoms with E-state index in [-0.39, 0.29) is 49.3 Å². The number of phenolic OH excluding ortho intramolecular Hbond substituents is 2. The number of halogens is 2. The van der Waals surface area contributed by atoms with E-state index >= 15 is 0 Å². The summed E-state index contributed by atoms with van der Waals surface area (Å²) < 4.78 is 24.0. The van der Waals surface area contributed by atoms with Gasteiger partial charge in [0.1, 0.15) is 23.1 Å². The van der Waals surface area contributed by atoms with Gasteiger partial charge in [-0.1, -0.05) is 0 Å². The van der Waals surface area contributed by atoms with Crippen LogP contribution in [-0.2, 0) is 35.8 Å². The van der Waals surface area contributed by atoms with Crippen LogP contribution in [0.3, 0.4) is 0 Å². The topological polar surface area (TPSA) is 121 Å². The van der Waals surface area contributed by atoms with Crippen LogP contribution in [-0.4, -0.2) is 22.2 Å². The number of aromatic hydroxyl groups is 2. The van der Waals surface area contributed by atoms with Gasteiger partial charge in [-0.2, -0.15) is 0 Å². The number of rotatable bonds is 0. The number of carbonyl (C=O) groups excluding carboxylic acids is 2. The molecule has 0 amide bonds. The number of phenols is 2. The monoisotopic (exact) mass is 432 g/mol. The van der Waals surface area contributed by atoms with Crippen LogP contribution in [0.5, 0.6) is 11.5 Å². The molecule has 0 saturated heterocycles. The molecule has 2 rings (SSSR count). The maximum atomic E-state index is 12.0. The molecule has 0 aromatic heterocycles. The minimum atomic E-state index is -1.08. The van der Waals surface area contributed by atoms with Crippen LogP contribution in [0.4, 0.5) is 8.78 Å². The molecule has 0 spiro atoms. The normalized spacial score (nSPS) is 7.84. The predicted octanol–water partition coefficient (Wildman–Crippen LogP) is 0.572. The summed E-state index contributed by atoms with van der Waals surface area (Å²) in [5.41, 5.74) is 0. The van der Waals surface area contributed by atoms with Crippen LogP contribution in [0.2, 0.25) is 0 Å². The van der Waals surface area contributed by atoms with Gasteiger partial charge in [-0.05, 0) is 62.4 Å². The Hall–Kier alpha value is -2.28. The van der Waals surface area contributed by atoms with Crippen molar-refractivity contribution in [3.63, 3.8) is 0 Å². The van der Waals surface area contributed by atoms with Crippen molar-refractivity contribution in [2.75, 3.05) is 0 Å². The zero-order valence-electron chi connectivity index (χ0n) is 13.4. The predicted molar refractivity (Wildman–Crippen MR) is 77.5 cm³/mol. The van der Waals surface area contributed by atoms with Crippen LogP contribution >= 0.6 is 0 Å². The van der Waals surface area contributed by atoms with Gasteiger partial charge in [0, 0.05) is 11.9 Å². The molecule has 25 heavy (non-hydrogen) atoms. The zero-order chi connectivity index (χ0) is 19.1. The smallest absolute Gasteiger partial charge is 0.550 e. The molecular formula is C16H16F2O6Zr. The minimum Gasteiger partial charge on any atom is -0.550 e. The van der Waals surface area contributed by atoms with Gasteiger partial charge in [0.25, 0.3) is 0 Å². The van der Waals surface area contributed by atoms with Crippen LogP contribution in [0.15, 0.2) is 48.5 Å². The van der Waals surface area contributed by atoms with Crippen molar-refractivity contribution in [3.05, 3.63) is 60.2 Å². The fourth-order valence-electron chi connectivity index (χ4n) is 0.882. The molecule has 2 N–H and O–H groups in total. The molecule has 134 valence electrons. The standard InChI is InChI=1S/2C6H5FO.2C2H4O2.Zr/c2*7-5-1-3-6(8)4-2-5;2*1-2(3)4;/h2*1-4,8H;2*1H3,(H,3,4);/q;;;;+2/p-2. The molecule has 6 nitrogen and oxygen atoms in total. The Morgan fingerprint density at radius 2 is 0.880 bits per heavy atom. The summed E-state index contributed by atoms with van der Waals surface area (Å²) in [5, 5.41) is 35.0. The summed E-state index contributed by atoms with van der Waals surface area (Å²) in [7, 11) is 0. The summed E-state index contributed by atoms with van der Waals surface area (Å²) in [6, 6.07) is 10.0. The number of hydrogen-bond donors (Lipinski definition) is 2. The Labute approximate surface area is 162 Å². The summed E-state index contributed by atoms with van der Waals surface area (Å²) in [6.07, 6.45) is 0. The molecular weight excluding hydrogens is 417 g/mol. The maximum Gasteiger partial charge on any atom is 2.00 e. The quantitative estimate of drug-likeness (QED) is 0.627. The van der Waals surface area contributed by atoms with Gasteiger partial charge in [0.15, 0.2) is 0 Å². The van der Waals surface area contributed by atoms with Crippen LogP contribution in [0.1, 0.15) is 13.8 Å². The molecule has 0 atom stereocenters. The number of hydrogen-bond acceptors (Lipinski definition) is 6. The van der Waals surface area contributed by atoms with Crippen molar-refractivity contribution in [2.24, 2.45) is 0 Å². The fourth-order valence-corrected chi connectivity index (χ4v) is 0.882. The van der Waals surface area contributed by atoms with Gasteiger partial charge < -0.3 is 30.0 Å². The van der Waals surface area contributed by atoms with E-state index in [0.717, 1.165) is 13.8 Å². The fraction of sp³-hybridized carbons (Fsp3) is 0.125. The Bertz CT molecular complexity index is 498. The third kappa shape index (κ3) is 26.9. The van der Waals surface area contributed by atoms with Gasteiger partial charge in [-0.15, -0.1) is 0 Å². The van der Waals surface area contributed by atoms with E-state index in [1.807, 2.05) is 0 Å². The van der Waals surface area contributed by atoms with Crippen LogP contribution < -0.4 is 10.2 Å². The first-order chi connectivity index (χ1) is 11.0. The third-order valence-electron chi connectivity index (χ3n) is 1.65. The van der Waals surface area contributed by atoms with Crippen molar-refractivity contribution < 1.29 is 65.0 Å². The summed E-state index contributed by atoms with van der Waals surface area (Å²) in [5.74, 6) is -2.65. The van der Waals surface area contributed by atoms with E-state index in [9.17, 15) is 8.78 Å². The Balaban J connectivity index is -0.000000270. The Morgan fingerprint density at radius 1 is 0.720 bits per heavy atom. The Kier molecular flexibility index (Phi) is 18.3. The van der Waals surface area contributed by atoms with Crippen molar-refractivity contribution >= 4 is 11.9 Å². The van der Waals surface area contributed by atoms with E-state index in [2.05, 4.69) is 0 Å². The molecule has 0 unspecified atom stereocenters. The van der Waals surface area contributed by atoms with Crippen LogP contribution in [0, 0.1) is 11.6 Å². The van der Waals surface area contributed by atoms with E-state index < -0.39 is 11.9 Å². The van der Waals surface area contributed by atoms with Crippen molar-refractivity contribution in [3.8, 4) is 11.5 Å². The van der Waals surface area contributed by atoms with Gasteiger partial charge in [-0.25, -0.2) is 8.78 Å². The van der Waals surface area contributed by atoms with E-state index in [0.29, 0.717) is 0 Å². The molecule has 0 aliphatic carbocycles. The van der Waals surface area contributed by atoms with Crippen molar-refractivity contribution in [1.82, 2.24) is 0 Å². The second-order valence-electron chi connectivity index (χ2n) is 3.94. The van der Waals surface area contributed by atoms with E-state index in [1.165, 1.54) is 48.5 Å².